The van der Waals surface area contributed by atoms with Crippen LogP contribution in [0, 0.1) is 0 Å². The van der Waals surface area contributed by atoms with Gasteiger partial charge in [0.25, 0.3) is 0 Å². The molecule has 0 fully saturated rings. The maximum absolute atomic E-state index is 10.1. The summed E-state index contributed by atoms with van der Waals surface area (Å²) >= 11 is 10.4. The Morgan fingerprint density at radius 3 is 2.35 bits per heavy atom. The number of halogens is 3. The molecular formula is C16H13Br3O. The molecule has 20 heavy (non-hydrogen) atoms. The van der Waals surface area contributed by atoms with Gasteiger partial charge in [0.15, 0.2) is 0 Å². The molecule has 0 heterocycles. The smallest absolute Gasteiger partial charge is 0.124 e. The van der Waals surface area contributed by atoms with Crippen LogP contribution >= 0.6 is 47.8 Å². The quantitative estimate of drug-likeness (QED) is 0.567. The second-order valence-corrected chi connectivity index (χ2v) is 7.07. The number of phenols is 1. The highest BCUT2D eigenvalue weighted by Crippen LogP contribution is 2.32. The zero-order valence-corrected chi connectivity index (χ0v) is 15.6. The van der Waals surface area contributed by atoms with E-state index in [0.29, 0.717) is 5.75 Å². The molecule has 0 aliphatic carbocycles. The van der Waals surface area contributed by atoms with Gasteiger partial charge in [0, 0.05) is 19.0 Å². The van der Waals surface area contributed by atoms with Crippen molar-refractivity contribution in [2.45, 2.75) is 13.3 Å². The maximum Gasteiger partial charge on any atom is 0.124 e. The number of hydrogen-bond donors (Lipinski definition) is 1. The molecule has 2 aromatic rings. The first-order valence-corrected chi connectivity index (χ1v) is 8.47. The van der Waals surface area contributed by atoms with Crippen molar-refractivity contribution >= 4 is 53.4 Å². The van der Waals surface area contributed by atoms with Crippen LogP contribution in [-0.2, 0) is 6.42 Å². The summed E-state index contributed by atoms with van der Waals surface area (Å²) in [6, 6.07) is 11.7. The van der Waals surface area contributed by atoms with Crippen LogP contribution in [0.15, 0.2) is 55.9 Å². The number of phenolic OH excluding ortho intramolecular Hbond substituents is 1. The Kier molecular flexibility index (Phi) is 5.47. The van der Waals surface area contributed by atoms with Crippen molar-refractivity contribution in [3.63, 3.8) is 0 Å². The minimum absolute atomic E-state index is 0.290. The first-order valence-electron chi connectivity index (χ1n) is 6.09. The van der Waals surface area contributed by atoms with Crippen molar-refractivity contribution in [1.82, 2.24) is 0 Å². The van der Waals surface area contributed by atoms with Gasteiger partial charge < -0.3 is 5.11 Å². The number of aromatic hydroxyl groups is 1. The average Bonchev–Trinajstić information content (AvgIpc) is 2.40. The molecule has 0 aliphatic rings. The number of allylic oxidation sites excluding steroid dienone is 2. The molecule has 2 rings (SSSR count). The molecule has 0 unspecified atom stereocenters. The van der Waals surface area contributed by atoms with E-state index in [2.05, 4.69) is 53.9 Å². The van der Waals surface area contributed by atoms with Gasteiger partial charge in [-0.15, -0.1) is 0 Å². The van der Waals surface area contributed by atoms with Gasteiger partial charge in [0.05, 0.1) is 0 Å². The minimum Gasteiger partial charge on any atom is -0.507 e. The fraction of sp³-hybridized carbons (Fsp3) is 0.125. The van der Waals surface area contributed by atoms with Crippen molar-refractivity contribution in [3.8, 4) is 5.75 Å². The molecule has 0 amide bonds. The van der Waals surface area contributed by atoms with E-state index < -0.39 is 0 Å². The molecule has 0 spiro atoms. The fourth-order valence-corrected chi connectivity index (χ4v) is 3.16. The van der Waals surface area contributed by atoms with Gasteiger partial charge in [-0.2, -0.15) is 0 Å². The Morgan fingerprint density at radius 2 is 1.70 bits per heavy atom. The third-order valence-corrected chi connectivity index (χ3v) is 4.80. The molecule has 0 bridgehead atoms. The minimum atomic E-state index is 0.290. The number of rotatable bonds is 3. The molecule has 4 heteroatoms. The Bertz CT molecular complexity index is 663. The van der Waals surface area contributed by atoms with Crippen LogP contribution < -0.4 is 0 Å². The SMILES string of the molecule is C/C=C(\Cc1cc(Br)ccc1Br)c1ccc(Br)cc1O. The standard InChI is InChI=1S/C16H13Br3O/c1-2-10(14-5-3-13(18)9-16(14)20)7-11-8-12(17)4-6-15(11)19/h2-6,8-9,20H,7H2,1H3/b10-2+. The molecule has 1 N–H and O–H groups in total. The van der Waals surface area contributed by atoms with Crippen LogP contribution in [0.1, 0.15) is 18.1 Å². The highest BCUT2D eigenvalue weighted by molar-refractivity contribution is 9.11. The number of benzene rings is 2. The first kappa shape index (κ1) is 15.8. The van der Waals surface area contributed by atoms with E-state index >= 15 is 0 Å². The van der Waals surface area contributed by atoms with Gasteiger partial charge in [-0.1, -0.05) is 53.9 Å². The van der Waals surface area contributed by atoms with Crippen LogP contribution in [-0.4, -0.2) is 5.11 Å². The Balaban J connectivity index is 2.37. The highest BCUT2D eigenvalue weighted by Gasteiger charge is 2.10. The molecule has 1 nitrogen and oxygen atoms in total. The van der Waals surface area contributed by atoms with Gasteiger partial charge in [-0.05, 0) is 60.9 Å². The average molecular weight is 461 g/mol. The van der Waals surface area contributed by atoms with E-state index in [9.17, 15) is 5.11 Å². The van der Waals surface area contributed by atoms with E-state index in [0.717, 1.165) is 31.0 Å². The molecular weight excluding hydrogens is 448 g/mol. The third kappa shape index (κ3) is 3.74. The third-order valence-electron chi connectivity index (χ3n) is 3.04. The largest absolute Gasteiger partial charge is 0.507 e. The van der Waals surface area contributed by atoms with Crippen molar-refractivity contribution in [3.05, 3.63) is 67.0 Å². The predicted octanol–water partition coefficient (Wildman–Crippen LogP) is 6.33. The van der Waals surface area contributed by atoms with Crippen LogP contribution in [0.3, 0.4) is 0 Å². The molecule has 0 radical (unpaired) electrons. The van der Waals surface area contributed by atoms with E-state index in [-0.39, 0.29) is 0 Å². The van der Waals surface area contributed by atoms with Crippen LogP contribution in [0.25, 0.3) is 5.57 Å². The molecule has 0 aromatic heterocycles. The van der Waals surface area contributed by atoms with Crippen LogP contribution in [0.2, 0.25) is 0 Å². The lowest BCUT2D eigenvalue weighted by Gasteiger charge is -2.12. The zero-order chi connectivity index (χ0) is 14.7. The van der Waals surface area contributed by atoms with Gasteiger partial charge in [0.1, 0.15) is 5.75 Å². The van der Waals surface area contributed by atoms with Gasteiger partial charge in [-0.25, -0.2) is 0 Å². The lowest BCUT2D eigenvalue weighted by atomic mass is 9.97. The maximum atomic E-state index is 10.1. The van der Waals surface area contributed by atoms with E-state index in [1.54, 1.807) is 6.07 Å². The molecule has 2 aromatic carbocycles. The normalized spacial score (nSPS) is 11.7. The molecule has 0 saturated heterocycles. The lowest BCUT2D eigenvalue weighted by molar-refractivity contribution is 0.473. The highest BCUT2D eigenvalue weighted by atomic mass is 79.9. The summed E-state index contributed by atoms with van der Waals surface area (Å²) in [6.45, 7) is 1.99. The monoisotopic (exact) mass is 458 g/mol. The van der Waals surface area contributed by atoms with Crippen molar-refractivity contribution in [2.24, 2.45) is 0 Å². The molecule has 0 saturated carbocycles. The summed E-state index contributed by atoms with van der Waals surface area (Å²) in [5.41, 5.74) is 3.13. The van der Waals surface area contributed by atoms with Gasteiger partial charge in [0.2, 0.25) is 0 Å². The molecule has 0 atom stereocenters. The summed E-state index contributed by atoms with van der Waals surface area (Å²) in [4.78, 5) is 0. The van der Waals surface area contributed by atoms with E-state index in [1.807, 2.05) is 37.3 Å². The van der Waals surface area contributed by atoms with Gasteiger partial charge in [-0.3, -0.25) is 0 Å². The summed E-state index contributed by atoms with van der Waals surface area (Å²) in [6.07, 6.45) is 2.79. The molecule has 0 aliphatic heterocycles. The second kappa shape index (κ2) is 6.92. The zero-order valence-electron chi connectivity index (χ0n) is 10.8. The molecule has 104 valence electrons. The van der Waals surface area contributed by atoms with Crippen molar-refractivity contribution in [2.75, 3.05) is 0 Å². The van der Waals surface area contributed by atoms with E-state index in [1.165, 1.54) is 5.56 Å². The first-order chi connectivity index (χ1) is 9.51. The Labute approximate surface area is 144 Å². The Morgan fingerprint density at radius 1 is 1.05 bits per heavy atom. The van der Waals surface area contributed by atoms with E-state index in [4.69, 9.17) is 0 Å². The topological polar surface area (TPSA) is 20.2 Å². The van der Waals surface area contributed by atoms with Crippen LogP contribution in [0.5, 0.6) is 5.75 Å². The lowest BCUT2D eigenvalue weighted by Crippen LogP contribution is -1.93. The summed E-state index contributed by atoms with van der Waals surface area (Å²) in [5, 5.41) is 10.1. The van der Waals surface area contributed by atoms with Gasteiger partial charge >= 0.3 is 0 Å². The Hall–Kier alpha value is -0.580. The predicted molar refractivity (Wildman–Crippen MR) is 95.0 cm³/mol. The summed E-state index contributed by atoms with van der Waals surface area (Å²) in [7, 11) is 0. The second-order valence-electron chi connectivity index (χ2n) is 4.39. The fourth-order valence-electron chi connectivity index (χ4n) is 2.01. The van der Waals surface area contributed by atoms with Crippen molar-refractivity contribution in [1.29, 1.82) is 0 Å². The van der Waals surface area contributed by atoms with Crippen LogP contribution in [0.4, 0.5) is 0 Å². The van der Waals surface area contributed by atoms with Crippen molar-refractivity contribution < 1.29 is 5.11 Å². The summed E-state index contributed by atoms with van der Waals surface area (Å²) < 4.78 is 2.99. The number of hydrogen-bond acceptors (Lipinski definition) is 1. The summed E-state index contributed by atoms with van der Waals surface area (Å²) in [5.74, 6) is 0.290.